The van der Waals surface area contributed by atoms with Crippen molar-refractivity contribution in [3.8, 4) is 0 Å². The normalized spacial score (nSPS) is 32.8. The summed E-state index contributed by atoms with van der Waals surface area (Å²) in [5.74, 6) is -1.59. The first-order valence-corrected chi connectivity index (χ1v) is 14.0. The fourth-order valence-corrected chi connectivity index (χ4v) is 8.91. The van der Waals surface area contributed by atoms with Gasteiger partial charge in [-0.2, -0.15) is 0 Å². The van der Waals surface area contributed by atoms with Crippen LogP contribution in [0.25, 0.3) is 0 Å². The predicted molar refractivity (Wildman–Crippen MR) is 142 cm³/mol. The lowest BCUT2D eigenvalue weighted by Crippen LogP contribution is -2.60. The van der Waals surface area contributed by atoms with E-state index in [4.69, 9.17) is 0 Å². The maximum atomic E-state index is 14.2. The summed E-state index contributed by atoms with van der Waals surface area (Å²) in [5, 5.41) is 16.6. The van der Waals surface area contributed by atoms with Crippen LogP contribution in [0.1, 0.15) is 66.4 Å². The smallest absolute Gasteiger partial charge is 0.244 e. The van der Waals surface area contributed by atoms with Crippen LogP contribution >= 0.6 is 11.8 Å². The van der Waals surface area contributed by atoms with E-state index in [1.165, 1.54) is 0 Å². The molecule has 3 aliphatic heterocycles. The molecule has 2 bridgehead atoms. The molecule has 2 unspecified atom stereocenters. The number of hydrogen-bond acceptors (Lipinski definition) is 5. The van der Waals surface area contributed by atoms with Gasteiger partial charge in [0.25, 0.3) is 0 Å². The van der Waals surface area contributed by atoms with Gasteiger partial charge in [-0.15, -0.1) is 11.8 Å². The summed E-state index contributed by atoms with van der Waals surface area (Å²) >= 11 is 1.66. The number of likely N-dealkylation sites (tertiary alicyclic amines) is 1. The minimum atomic E-state index is -0.723. The number of aliphatic hydroxyl groups is 1. The SMILES string of the molecule is CC[C@H](C)[C@H](CO)N1C(=O)[C@@H]2[C@@H](C(=O)NCc3ccccc3)[C@@]3(C)CCC2(S3)C1C(=O)NC(C)(C)C. The summed E-state index contributed by atoms with van der Waals surface area (Å²) < 4.78 is -1.10. The van der Waals surface area contributed by atoms with Crippen LogP contribution in [0.4, 0.5) is 0 Å². The third-order valence-electron chi connectivity index (χ3n) is 8.40. The van der Waals surface area contributed by atoms with Gasteiger partial charge in [0.2, 0.25) is 17.7 Å². The molecule has 7 atom stereocenters. The second-order valence-electron chi connectivity index (χ2n) is 12.1. The highest BCUT2D eigenvalue weighted by Gasteiger charge is 2.77. The average Bonchev–Trinajstić information content (AvgIpc) is 3.38. The van der Waals surface area contributed by atoms with Crippen LogP contribution in [-0.4, -0.2) is 61.5 Å². The van der Waals surface area contributed by atoms with Crippen molar-refractivity contribution in [1.29, 1.82) is 0 Å². The Morgan fingerprint density at radius 1 is 1.19 bits per heavy atom. The molecular weight excluding hydrogens is 474 g/mol. The van der Waals surface area contributed by atoms with Crippen LogP contribution in [0.2, 0.25) is 0 Å². The summed E-state index contributed by atoms with van der Waals surface area (Å²) in [6, 6.07) is 8.54. The van der Waals surface area contributed by atoms with Crippen LogP contribution in [0.5, 0.6) is 0 Å². The molecule has 0 radical (unpaired) electrons. The molecule has 0 aromatic heterocycles. The number of hydrogen-bond donors (Lipinski definition) is 3. The largest absolute Gasteiger partial charge is 0.394 e. The zero-order valence-corrected chi connectivity index (χ0v) is 23.2. The van der Waals surface area contributed by atoms with Crippen molar-refractivity contribution >= 4 is 29.5 Å². The number of rotatable bonds is 8. The number of nitrogens with one attached hydrogen (secondary N) is 2. The maximum absolute atomic E-state index is 14.2. The van der Waals surface area contributed by atoms with Crippen LogP contribution < -0.4 is 10.6 Å². The molecule has 0 aliphatic carbocycles. The van der Waals surface area contributed by atoms with Crippen LogP contribution in [0, 0.1) is 17.8 Å². The molecule has 1 aromatic carbocycles. The van der Waals surface area contributed by atoms with Crippen molar-refractivity contribution in [3.63, 3.8) is 0 Å². The van der Waals surface area contributed by atoms with Crippen molar-refractivity contribution < 1.29 is 19.5 Å². The number of carbonyl (C=O) groups is 3. The summed E-state index contributed by atoms with van der Waals surface area (Å²) in [7, 11) is 0. The molecule has 7 nitrogen and oxygen atoms in total. The molecule has 8 heteroatoms. The highest BCUT2D eigenvalue weighted by molar-refractivity contribution is 8.02. The molecule has 3 heterocycles. The predicted octanol–water partition coefficient (Wildman–Crippen LogP) is 3.11. The highest BCUT2D eigenvalue weighted by Crippen LogP contribution is 2.71. The van der Waals surface area contributed by atoms with Gasteiger partial charge in [-0.25, -0.2) is 0 Å². The zero-order valence-electron chi connectivity index (χ0n) is 22.3. The topological polar surface area (TPSA) is 98.7 Å². The van der Waals surface area contributed by atoms with Crippen LogP contribution in [-0.2, 0) is 20.9 Å². The van der Waals surface area contributed by atoms with Gasteiger partial charge in [-0.05, 0) is 52.0 Å². The van der Waals surface area contributed by atoms with Crippen LogP contribution in [0.15, 0.2) is 30.3 Å². The van der Waals surface area contributed by atoms with E-state index in [-0.39, 0.29) is 30.2 Å². The van der Waals surface area contributed by atoms with Gasteiger partial charge in [-0.3, -0.25) is 14.4 Å². The van der Waals surface area contributed by atoms with Gasteiger partial charge >= 0.3 is 0 Å². The summed E-state index contributed by atoms with van der Waals surface area (Å²) in [4.78, 5) is 43.5. The van der Waals surface area contributed by atoms with E-state index in [9.17, 15) is 19.5 Å². The quantitative estimate of drug-likeness (QED) is 0.494. The molecule has 3 fully saturated rings. The molecule has 0 saturated carbocycles. The average molecular weight is 516 g/mol. The van der Waals surface area contributed by atoms with Gasteiger partial charge in [0.1, 0.15) is 6.04 Å². The van der Waals surface area contributed by atoms with E-state index < -0.39 is 39.0 Å². The van der Waals surface area contributed by atoms with Crippen molar-refractivity contribution in [2.75, 3.05) is 6.61 Å². The Hall–Kier alpha value is -2.06. The zero-order chi connectivity index (χ0) is 26.5. The number of carbonyl (C=O) groups excluding carboxylic acids is 3. The third-order valence-corrected chi connectivity index (χ3v) is 10.4. The van der Waals surface area contributed by atoms with Gasteiger partial charge in [0.05, 0.1) is 29.2 Å². The van der Waals surface area contributed by atoms with Gasteiger partial charge in [0.15, 0.2) is 0 Å². The standard InChI is InChI=1S/C28H41N3O4S/c1-7-17(2)19(16-32)31-22(24(34)30-26(3,4)5)28-14-13-27(6,36-28)20(21(28)25(31)35)23(33)29-15-18-11-9-8-10-12-18/h8-12,17,19-22,32H,7,13-16H2,1-6H3,(H,29,33)(H,30,34)/t17-,19-,20-,21-,22?,27+,28?/m0/s1. The number of benzene rings is 1. The maximum Gasteiger partial charge on any atom is 0.244 e. The first kappa shape index (κ1) is 27.0. The van der Waals surface area contributed by atoms with Crippen molar-refractivity contribution in [2.45, 2.75) is 94.5 Å². The summed E-state index contributed by atoms with van der Waals surface area (Å²) in [6.45, 7) is 12.1. The van der Waals surface area contributed by atoms with Gasteiger partial charge in [0, 0.05) is 16.8 Å². The Morgan fingerprint density at radius 3 is 2.44 bits per heavy atom. The molecule has 3 amide bonds. The van der Waals surface area contributed by atoms with E-state index >= 15 is 0 Å². The van der Waals surface area contributed by atoms with Crippen molar-refractivity contribution in [1.82, 2.24) is 15.5 Å². The Balaban J connectivity index is 1.72. The number of fused-ring (bicyclic) bond motifs is 1. The minimum Gasteiger partial charge on any atom is -0.394 e. The second kappa shape index (κ2) is 9.67. The molecule has 3 saturated heterocycles. The second-order valence-corrected chi connectivity index (χ2v) is 13.9. The first-order valence-electron chi connectivity index (χ1n) is 13.2. The highest BCUT2D eigenvalue weighted by atomic mass is 32.2. The van der Waals surface area contributed by atoms with Crippen molar-refractivity contribution in [2.24, 2.45) is 17.8 Å². The lowest BCUT2D eigenvalue weighted by molar-refractivity contribution is -0.144. The van der Waals surface area contributed by atoms with Gasteiger partial charge < -0.3 is 20.6 Å². The lowest BCUT2D eigenvalue weighted by atomic mass is 9.66. The molecule has 1 aromatic rings. The molecule has 198 valence electrons. The summed E-state index contributed by atoms with van der Waals surface area (Å²) in [5.41, 5.74) is 0.531. The van der Waals surface area contributed by atoms with Crippen molar-refractivity contribution in [3.05, 3.63) is 35.9 Å². The fourth-order valence-electron chi connectivity index (χ4n) is 6.57. The fraction of sp³-hybridized carbons (Fsp3) is 0.679. The minimum absolute atomic E-state index is 0.0160. The lowest BCUT2D eigenvalue weighted by Gasteiger charge is -2.40. The Kier molecular flexibility index (Phi) is 7.25. The van der Waals surface area contributed by atoms with E-state index in [0.717, 1.165) is 18.4 Å². The van der Waals surface area contributed by atoms with E-state index in [1.807, 2.05) is 65.0 Å². The Labute approximate surface area is 219 Å². The molecule has 36 heavy (non-hydrogen) atoms. The molecule has 4 rings (SSSR count). The van der Waals surface area contributed by atoms with E-state index in [1.54, 1.807) is 16.7 Å². The molecule has 3 aliphatic rings. The number of thioether (sulfide) groups is 1. The van der Waals surface area contributed by atoms with Crippen LogP contribution in [0.3, 0.4) is 0 Å². The van der Waals surface area contributed by atoms with E-state index in [2.05, 4.69) is 17.6 Å². The molecule has 1 spiro atoms. The number of amides is 3. The Morgan fingerprint density at radius 2 is 1.86 bits per heavy atom. The summed E-state index contributed by atoms with van der Waals surface area (Å²) in [6.07, 6.45) is 2.24. The first-order chi connectivity index (χ1) is 16.9. The number of nitrogens with zero attached hydrogens (tertiary/aromatic N) is 1. The monoisotopic (exact) mass is 515 g/mol. The molecular formula is C28H41N3O4S. The Bertz CT molecular complexity index is 1010. The van der Waals surface area contributed by atoms with Gasteiger partial charge in [-0.1, -0.05) is 50.6 Å². The third kappa shape index (κ3) is 4.44. The molecule has 3 N–H and O–H groups in total. The number of aliphatic hydroxyl groups excluding tert-OH is 1. The van der Waals surface area contributed by atoms with E-state index in [0.29, 0.717) is 13.0 Å².